The van der Waals surface area contributed by atoms with Crippen molar-refractivity contribution in [1.82, 2.24) is 19.7 Å². The summed E-state index contributed by atoms with van der Waals surface area (Å²) in [6, 6.07) is 7.31. The topological polar surface area (TPSA) is 72.7 Å². The van der Waals surface area contributed by atoms with E-state index in [-0.39, 0.29) is 5.91 Å². The van der Waals surface area contributed by atoms with E-state index in [2.05, 4.69) is 20.4 Å². The first-order chi connectivity index (χ1) is 11.6. The van der Waals surface area contributed by atoms with Gasteiger partial charge in [-0.1, -0.05) is 17.7 Å². The van der Waals surface area contributed by atoms with E-state index in [1.54, 1.807) is 35.5 Å². The second-order valence-corrected chi connectivity index (χ2v) is 5.69. The summed E-state index contributed by atoms with van der Waals surface area (Å²) in [5.74, 6) is -0.0673. The van der Waals surface area contributed by atoms with Crippen LogP contribution in [0.25, 0.3) is 5.69 Å². The number of anilines is 1. The third-order valence-corrected chi connectivity index (χ3v) is 3.84. The fourth-order valence-electron chi connectivity index (χ4n) is 2.30. The predicted octanol–water partition coefficient (Wildman–Crippen LogP) is 3.20. The third-order valence-electron chi connectivity index (χ3n) is 3.62. The van der Waals surface area contributed by atoms with Crippen LogP contribution < -0.4 is 5.32 Å². The smallest absolute Gasteiger partial charge is 0.224 e. The maximum Gasteiger partial charge on any atom is 0.224 e. The van der Waals surface area contributed by atoms with Crippen molar-refractivity contribution in [3.8, 4) is 5.69 Å². The first-order valence-corrected chi connectivity index (χ1v) is 7.86. The highest BCUT2D eigenvalue weighted by Crippen LogP contribution is 2.18. The molecule has 3 rings (SSSR count). The van der Waals surface area contributed by atoms with Gasteiger partial charge in [0.15, 0.2) is 0 Å². The molecule has 24 heavy (non-hydrogen) atoms. The molecule has 1 N–H and O–H groups in total. The van der Waals surface area contributed by atoms with E-state index in [1.165, 1.54) is 0 Å². The summed E-state index contributed by atoms with van der Waals surface area (Å²) in [7, 11) is 0. The van der Waals surface area contributed by atoms with Crippen molar-refractivity contribution >= 4 is 23.2 Å². The molecule has 122 valence electrons. The molecule has 0 saturated heterocycles. The normalized spacial score (nSPS) is 10.6. The molecular weight excluding hydrogens is 326 g/mol. The lowest BCUT2D eigenvalue weighted by atomic mass is 10.1. The molecule has 0 unspecified atom stereocenters. The van der Waals surface area contributed by atoms with Gasteiger partial charge < -0.3 is 5.32 Å². The van der Waals surface area contributed by atoms with Crippen LogP contribution in [-0.4, -0.2) is 25.7 Å². The number of hydrogen-bond acceptors (Lipinski definition) is 4. The van der Waals surface area contributed by atoms with E-state index in [1.807, 2.05) is 25.1 Å². The van der Waals surface area contributed by atoms with Crippen molar-refractivity contribution in [2.45, 2.75) is 19.8 Å². The fourth-order valence-corrected chi connectivity index (χ4v) is 2.41. The zero-order valence-electron chi connectivity index (χ0n) is 13.1. The number of pyridine rings is 2. The Balaban J connectivity index is 1.63. The Morgan fingerprint density at radius 2 is 2.00 bits per heavy atom. The maximum atomic E-state index is 12.1. The lowest BCUT2D eigenvalue weighted by molar-refractivity contribution is -0.116. The highest BCUT2D eigenvalue weighted by Gasteiger charge is 2.11. The van der Waals surface area contributed by atoms with E-state index >= 15 is 0 Å². The predicted molar refractivity (Wildman–Crippen MR) is 92.3 cm³/mol. The molecule has 0 fully saturated rings. The summed E-state index contributed by atoms with van der Waals surface area (Å²) in [5.41, 5.74) is 3.43. The fraction of sp³-hybridized carbons (Fsp3) is 0.176. The zero-order chi connectivity index (χ0) is 16.9. The van der Waals surface area contributed by atoms with Crippen molar-refractivity contribution in [3.63, 3.8) is 0 Å². The molecule has 1 amide bonds. The van der Waals surface area contributed by atoms with Crippen LogP contribution in [-0.2, 0) is 11.2 Å². The van der Waals surface area contributed by atoms with Crippen molar-refractivity contribution in [2.24, 2.45) is 0 Å². The lowest BCUT2D eigenvalue weighted by Gasteiger charge is -2.06. The van der Waals surface area contributed by atoms with Crippen molar-refractivity contribution in [1.29, 1.82) is 0 Å². The largest absolute Gasteiger partial charge is 0.323 e. The molecule has 0 spiro atoms. The van der Waals surface area contributed by atoms with Crippen LogP contribution in [0.4, 0.5) is 5.69 Å². The molecule has 3 aromatic rings. The Bertz CT molecular complexity index is 830. The molecule has 0 radical (unpaired) electrons. The van der Waals surface area contributed by atoms with E-state index < -0.39 is 0 Å². The van der Waals surface area contributed by atoms with Crippen molar-refractivity contribution in [2.75, 3.05) is 5.32 Å². The number of carbonyl (C=O) groups is 1. The zero-order valence-corrected chi connectivity index (χ0v) is 13.9. The second-order valence-electron chi connectivity index (χ2n) is 5.30. The number of aromatic nitrogens is 4. The Morgan fingerprint density at radius 3 is 2.71 bits per heavy atom. The number of nitrogens with zero attached hydrogens (tertiary/aromatic N) is 4. The van der Waals surface area contributed by atoms with Gasteiger partial charge in [-0.05, 0) is 37.1 Å². The van der Waals surface area contributed by atoms with Gasteiger partial charge in [0.1, 0.15) is 5.15 Å². The van der Waals surface area contributed by atoms with Gasteiger partial charge in [-0.3, -0.25) is 9.78 Å². The summed E-state index contributed by atoms with van der Waals surface area (Å²) >= 11 is 5.75. The van der Waals surface area contributed by atoms with Crippen molar-refractivity contribution in [3.05, 3.63) is 65.5 Å². The average Bonchev–Trinajstić information content (AvgIpc) is 2.96. The monoisotopic (exact) mass is 341 g/mol. The number of nitrogens with one attached hydrogen (secondary N) is 1. The second kappa shape index (κ2) is 7.23. The summed E-state index contributed by atoms with van der Waals surface area (Å²) in [6.45, 7) is 1.91. The van der Waals surface area contributed by atoms with Crippen LogP contribution in [0.15, 0.2) is 49.1 Å². The van der Waals surface area contributed by atoms with Crippen LogP contribution in [0, 0.1) is 6.92 Å². The molecule has 0 aliphatic carbocycles. The first-order valence-electron chi connectivity index (χ1n) is 7.49. The summed E-state index contributed by atoms with van der Waals surface area (Å²) < 4.78 is 1.76. The minimum Gasteiger partial charge on any atom is -0.323 e. The molecule has 0 aliphatic rings. The van der Waals surface area contributed by atoms with Crippen LogP contribution in [0.2, 0.25) is 5.15 Å². The Kier molecular flexibility index (Phi) is 4.86. The minimum atomic E-state index is -0.0673. The van der Waals surface area contributed by atoms with Crippen LogP contribution in [0.1, 0.15) is 17.7 Å². The van der Waals surface area contributed by atoms with E-state index in [4.69, 9.17) is 11.6 Å². The standard InChI is InChI=1S/C17H16ClN5O/c1-12-15(11-21-23(12)14-6-8-19-9-7-14)22-17(24)5-3-13-2-4-16(18)20-10-13/h2,4,6-11H,3,5H2,1H3,(H,22,24). The van der Waals surface area contributed by atoms with E-state index in [0.29, 0.717) is 23.7 Å². The number of carbonyl (C=O) groups excluding carboxylic acids is 1. The molecule has 3 heterocycles. The molecule has 0 bridgehead atoms. The highest BCUT2D eigenvalue weighted by molar-refractivity contribution is 6.29. The molecular formula is C17H16ClN5O. The van der Waals surface area contributed by atoms with Crippen LogP contribution in [0.5, 0.6) is 0 Å². The quantitative estimate of drug-likeness (QED) is 0.723. The summed E-state index contributed by atoms with van der Waals surface area (Å²) in [5, 5.41) is 7.66. The SMILES string of the molecule is Cc1c(NC(=O)CCc2ccc(Cl)nc2)cnn1-c1ccncc1. The van der Waals surface area contributed by atoms with Gasteiger partial charge in [0.2, 0.25) is 5.91 Å². The number of aryl methyl sites for hydroxylation is 1. The van der Waals surface area contributed by atoms with Gasteiger partial charge in [-0.15, -0.1) is 0 Å². The Labute approximate surface area is 144 Å². The molecule has 6 nitrogen and oxygen atoms in total. The molecule has 3 aromatic heterocycles. The Hall–Kier alpha value is -2.73. The van der Waals surface area contributed by atoms with Gasteiger partial charge in [0.25, 0.3) is 0 Å². The van der Waals surface area contributed by atoms with Gasteiger partial charge >= 0.3 is 0 Å². The number of amides is 1. The van der Waals surface area contributed by atoms with Crippen LogP contribution >= 0.6 is 11.6 Å². The van der Waals surface area contributed by atoms with Gasteiger partial charge in [0.05, 0.1) is 23.3 Å². The molecule has 0 aliphatic heterocycles. The summed E-state index contributed by atoms with van der Waals surface area (Å²) in [6.07, 6.45) is 7.71. The average molecular weight is 342 g/mol. The number of rotatable bonds is 5. The first kappa shape index (κ1) is 16.1. The number of halogens is 1. The number of hydrogen-bond donors (Lipinski definition) is 1. The van der Waals surface area contributed by atoms with Gasteiger partial charge in [-0.25, -0.2) is 9.67 Å². The van der Waals surface area contributed by atoms with E-state index in [9.17, 15) is 4.79 Å². The maximum absolute atomic E-state index is 12.1. The molecule has 0 aromatic carbocycles. The van der Waals surface area contributed by atoms with E-state index in [0.717, 1.165) is 16.9 Å². The lowest BCUT2D eigenvalue weighted by Crippen LogP contribution is -2.13. The highest BCUT2D eigenvalue weighted by atomic mass is 35.5. The summed E-state index contributed by atoms with van der Waals surface area (Å²) in [4.78, 5) is 20.1. The van der Waals surface area contributed by atoms with Crippen LogP contribution in [0.3, 0.4) is 0 Å². The Morgan fingerprint density at radius 1 is 1.21 bits per heavy atom. The molecule has 0 atom stereocenters. The van der Waals surface area contributed by atoms with Gasteiger partial charge in [0, 0.05) is 25.0 Å². The molecule has 0 saturated carbocycles. The van der Waals surface area contributed by atoms with Crippen molar-refractivity contribution < 1.29 is 4.79 Å². The third kappa shape index (κ3) is 3.78. The minimum absolute atomic E-state index is 0.0673. The van der Waals surface area contributed by atoms with Gasteiger partial charge in [-0.2, -0.15) is 5.10 Å². The molecule has 7 heteroatoms.